The van der Waals surface area contributed by atoms with Crippen molar-refractivity contribution < 1.29 is 64.9 Å². The van der Waals surface area contributed by atoms with Crippen molar-refractivity contribution in [1.29, 1.82) is 0 Å². The molecule has 4 heterocycles. The number of aliphatic carboxylic acids is 2. The molecule has 0 aliphatic carbocycles. The van der Waals surface area contributed by atoms with Gasteiger partial charge in [-0.1, -0.05) is 6.07 Å². The largest absolute Gasteiger partial charge is 0.490 e. The number of amides is 2. The summed E-state index contributed by atoms with van der Waals surface area (Å²) >= 11 is 0. The summed E-state index contributed by atoms with van der Waals surface area (Å²) in [5, 5.41) is 17.1. The topological polar surface area (TPSA) is 159 Å². The number of likely N-dealkylation sites (tertiary alicyclic amines) is 1. The predicted molar refractivity (Wildman–Crippen MR) is 125 cm³/mol. The van der Waals surface area contributed by atoms with E-state index in [1.165, 1.54) is 12.1 Å². The van der Waals surface area contributed by atoms with Crippen molar-refractivity contribution in [1.82, 2.24) is 20.2 Å². The van der Waals surface area contributed by atoms with Crippen LogP contribution in [0.15, 0.2) is 42.9 Å². The number of carbonyl (C=O) groups excluding carboxylic acids is 2. The van der Waals surface area contributed by atoms with Crippen LogP contribution < -0.4 is 5.32 Å². The van der Waals surface area contributed by atoms with Gasteiger partial charge in [-0.15, -0.1) is 0 Å². The van der Waals surface area contributed by atoms with E-state index in [0.717, 1.165) is 11.8 Å². The third-order valence-electron chi connectivity index (χ3n) is 5.69. The first kappa shape index (κ1) is 33.9. The molecule has 2 aliphatic heterocycles. The molecule has 2 aromatic heterocycles. The molecule has 4 rings (SSSR count). The first-order valence-corrected chi connectivity index (χ1v) is 11.8. The Morgan fingerprint density at radius 2 is 1.62 bits per heavy atom. The number of rotatable bonds is 5. The van der Waals surface area contributed by atoms with Crippen LogP contribution in [-0.2, 0) is 36.9 Å². The maximum Gasteiger partial charge on any atom is 0.490 e. The van der Waals surface area contributed by atoms with Crippen molar-refractivity contribution in [3.8, 4) is 0 Å². The maximum absolute atomic E-state index is 13.0. The Labute approximate surface area is 232 Å². The second kappa shape index (κ2) is 14.5. The lowest BCUT2D eigenvalue weighted by Crippen LogP contribution is -2.39. The lowest BCUT2D eigenvalue weighted by molar-refractivity contribution is -0.193. The van der Waals surface area contributed by atoms with E-state index < -0.39 is 36.2 Å². The van der Waals surface area contributed by atoms with E-state index in [0.29, 0.717) is 31.6 Å². The van der Waals surface area contributed by atoms with Crippen LogP contribution in [0.3, 0.4) is 0 Å². The van der Waals surface area contributed by atoms with E-state index >= 15 is 0 Å². The third kappa shape index (κ3) is 10.6. The van der Waals surface area contributed by atoms with Crippen LogP contribution in [0.4, 0.5) is 30.7 Å². The van der Waals surface area contributed by atoms with Crippen molar-refractivity contribution in [3.63, 3.8) is 0 Å². The molecule has 0 saturated carbocycles. The molecular weight excluding hydrogens is 589 g/mol. The molecule has 2 aromatic rings. The second-order valence-electron chi connectivity index (χ2n) is 8.67. The van der Waals surface area contributed by atoms with Crippen LogP contribution in [0.25, 0.3) is 0 Å². The number of hydrogen-bond donors (Lipinski definition) is 3. The number of carboxylic acids is 2. The molecule has 0 unspecified atom stereocenters. The molecular formula is C24H23F7N4O7. The standard InChI is InChI=1S/C20H21FN4O3.2C2HF3O2/c21-14-3-4-15(23-12-14)8-19(26)25-7-5-17-16(25)9-18(28-17)20(27)24-11-13-2-1-6-22-10-13;2*3-2(4,5)1(6)7/h1-4,6,10,12,16-18H,5,7-9,11H2,(H,24,27);2*(H,6,7)/t16-,17-,18-;;/m1../s1. The first-order chi connectivity index (χ1) is 19.5. The highest BCUT2D eigenvalue weighted by Crippen LogP contribution is 2.33. The van der Waals surface area contributed by atoms with Crippen molar-refractivity contribution in [2.45, 2.75) is 56.4 Å². The maximum atomic E-state index is 13.0. The number of carbonyl (C=O) groups is 4. The van der Waals surface area contributed by atoms with E-state index in [9.17, 15) is 40.3 Å². The highest BCUT2D eigenvalue weighted by atomic mass is 19.4. The number of ether oxygens (including phenoxy) is 1. The van der Waals surface area contributed by atoms with E-state index in [2.05, 4.69) is 15.3 Å². The minimum absolute atomic E-state index is 0.0772. The number of nitrogens with one attached hydrogen (secondary N) is 1. The van der Waals surface area contributed by atoms with Gasteiger partial charge in [-0.25, -0.2) is 14.0 Å². The van der Waals surface area contributed by atoms with Gasteiger partial charge in [0.05, 0.1) is 24.8 Å². The van der Waals surface area contributed by atoms with Gasteiger partial charge in [0.15, 0.2) is 0 Å². The summed E-state index contributed by atoms with van der Waals surface area (Å²) in [6.45, 7) is 0.986. The molecule has 2 amide bonds. The third-order valence-corrected chi connectivity index (χ3v) is 5.69. The Hall–Kier alpha value is -4.35. The highest BCUT2D eigenvalue weighted by Gasteiger charge is 2.47. The summed E-state index contributed by atoms with van der Waals surface area (Å²) in [4.78, 5) is 52.6. The first-order valence-electron chi connectivity index (χ1n) is 11.8. The second-order valence-corrected chi connectivity index (χ2v) is 8.67. The van der Waals surface area contributed by atoms with E-state index in [1.807, 2.05) is 12.1 Å². The number of hydrogen-bond acceptors (Lipinski definition) is 7. The monoisotopic (exact) mass is 612 g/mol. The fourth-order valence-electron chi connectivity index (χ4n) is 3.80. The van der Waals surface area contributed by atoms with Crippen molar-refractivity contribution in [2.24, 2.45) is 0 Å². The molecule has 42 heavy (non-hydrogen) atoms. The number of carboxylic acid groups (broad SMARTS) is 2. The molecule has 0 aromatic carbocycles. The minimum Gasteiger partial charge on any atom is -0.475 e. The van der Waals surface area contributed by atoms with Crippen molar-refractivity contribution in [2.75, 3.05) is 6.54 Å². The average molecular weight is 612 g/mol. The minimum atomic E-state index is -5.08. The van der Waals surface area contributed by atoms with Gasteiger partial charge in [-0.05, 0) is 30.2 Å². The van der Waals surface area contributed by atoms with E-state index in [1.54, 1.807) is 17.3 Å². The van der Waals surface area contributed by atoms with Crippen LogP contribution in [0.5, 0.6) is 0 Å². The molecule has 2 fully saturated rings. The molecule has 0 radical (unpaired) electrons. The van der Waals surface area contributed by atoms with Crippen molar-refractivity contribution >= 4 is 23.8 Å². The van der Waals surface area contributed by atoms with Crippen LogP contribution >= 0.6 is 0 Å². The number of fused-ring (bicyclic) bond motifs is 1. The molecule has 3 N–H and O–H groups in total. The fourth-order valence-corrected chi connectivity index (χ4v) is 3.80. The molecule has 18 heteroatoms. The zero-order valence-electron chi connectivity index (χ0n) is 21.2. The number of aromatic nitrogens is 2. The Kier molecular flexibility index (Phi) is 11.7. The van der Waals surface area contributed by atoms with Gasteiger partial charge in [0.2, 0.25) is 11.8 Å². The lowest BCUT2D eigenvalue weighted by Gasteiger charge is -2.23. The summed E-state index contributed by atoms with van der Waals surface area (Å²) in [5.74, 6) is -6.20. The lowest BCUT2D eigenvalue weighted by atomic mass is 10.1. The van der Waals surface area contributed by atoms with Crippen LogP contribution in [0.1, 0.15) is 24.1 Å². The van der Waals surface area contributed by atoms with Crippen LogP contribution in [0.2, 0.25) is 0 Å². The molecule has 0 bridgehead atoms. The average Bonchev–Trinajstić information content (AvgIpc) is 3.50. The van der Waals surface area contributed by atoms with Gasteiger partial charge in [-0.2, -0.15) is 26.3 Å². The van der Waals surface area contributed by atoms with E-state index in [4.69, 9.17) is 24.5 Å². The molecule has 11 nitrogen and oxygen atoms in total. The number of halogens is 7. The van der Waals surface area contributed by atoms with Gasteiger partial charge in [-0.3, -0.25) is 19.6 Å². The van der Waals surface area contributed by atoms with Crippen LogP contribution in [-0.4, -0.2) is 86.0 Å². The molecule has 2 aliphatic rings. The Bertz CT molecular complexity index is 1200. The predicted octanol–water partition coefficient (Wildman–Crippen LogP) is 2.50. The molecule has 3 atom stereocenters. The number of pyridine rings is 2. The summed E-state index contributed by atoms with van der Waals surface area (Å²) in [6, 6.07) is 6.41. The quantitative estimate of drug-likeness (QED) is 0.432. The molecule has 0 spiro atoms. The number of nitrogens with zero attached hydrogens (tertiary/aromatic N) is 3. The molecule has 230 valence electrons. The van der Waals surface area contributed by atoms with Gasteiger partial charge in [0.25, 0.3) is 0 Å². The molecule has 2 saturated heterocycles. The fraction of sp³-hybridized carbons (Fsp3) is 0.417. The van der Waals surface area contributed by atoms with Gasteiger partial charge in [0.1, 0.15) is 11.9 Å². The Morgan fingerprint density at radius 1 is 1.00 bits per heavy atom. The SMILES string of the molecule is O=C(NCc1cccnc1)[C@H]1C[C@@H]2[C@@H](CCN2C(=O)Cc2ccc(F)cn2)O1.O=C(O)C(F)(F)F.O=C(O)C(F)(F)F. The zero-order valence-corrected chi connectivity index (χ0v) is 21.2. The summed E-state index contributed by atoms with van der Waals surface area (Å²) in [5.41, 5.74) is 1.44. The van der Waals surface area contributed by atoms with Crippen molar-refractivity contribution in [3.05, 3.63) is 59.9 Å². The zero-order chi connectivity index (χ0) is 31.7. The van der Waals surface area contributed by atoms with Gasteiger partial charge < -0.3 is 25.2 Å². The van der Waals surface area contributed by atoms with Crippen LogP contribution in [0, 0.1) is 5.82 Å². The van der Waals surface area contributed by atoms with Gasteiger partial charge in [0, 0.05) is 37.6 Å². The summed E-state index contributed by atoms with van der Waals surface area (Å²) in [7, 11) is 0. The highest BCUT2D eigenvalue weighted by molar-refractivity contribution is 5.82. The van der Waals surface area contributed by atoms with E-state index in [-0.39, 0.29) is 30.4 Å². The number of alkyl halides is 6. The Balaban J connectivity index is 0.000000367. The van der Waals surface area contributed by atoms with Gasteiger partial charge >= 0.3 is 24.3 Å². The summed E-state index contributed by atoms with van der Waals surface area (Å²) < 4.78 is 82.3. The Morgan fingerprint density at radius 3 is 2.12 bits per heavy atom. The summed E-state index contributed by atoms with van der Waals surface area (Å²) in [6.07, 6.45) is -5.07. The smallest absolute Gasteiger partial charge is 0.475 e. The normalized spacial score (nSPS) is 19.4.